The Bertz CT molecular complexity index is 833. The molecule has 1 unspecified atom stereocenters. The van der Waals surface area contributed by atoms with Gasteiger partial charge >= 0.3 is 12.1 Å². The van der Waals surface area contributed by atoms with Crippen LogP contribution in [0.4, 0.5) is 14.0 Å². The summed E-state index contributed by atoms with van der Waals surface area (Å²) in [6.45, 7) is 1.81. The van der Waals surface area contributed by atoms with Crippen molar-refractivity contribution in [1.82, 2.24) is 20.9 Å². The van der Waals surface area contributed by atoms with E-state index in [2.05, 4.69) is 16.0 Å². The molecule has 3 amide bonds. The number of rotatable bonds is 11. The van der Waals surface area contributed by atoms with E-state index in [1.807, 2.05) is 7.05 Å². The number of hydrogen-bond acceptors (Lipinski definition) is 4. The van der Waals surface area contributed by atoms with Crippen molar-refractivity contribution in [1.29, 1.82) is 0 Å². The van der Waals surface area contributed by atoms with Crippen molar-refractivity contribution in [2.45, 2.75) is 87.4 Å². The topological polar surface area (TPSA) is 114 Å². The van der Waals surface area contributed by atoms with Crippen LogP contribution in [0.5, 0.6) is 0 Å². The summed E-state index contributed by atoms with van der Waals surface area (Å²) in [7, 11) is 1.89. The van der Waals surface area contributed by atoms with Crippen LogP contribution in [0.3, 0.4) is 0 Å². The van der Waals surface area contributed by atoms with Crippen molar-refractivity contribution in [3.8, 4) is 0 Å². The number of likely N-dealkylation sites (N-methyl/N-ethyl adjacent to an activating group) is 1. The van der Waals surface area contributed by atoms with Gasteiger partial charge in [0.2, 0.25) is 5.13 Å². The monoisotopic (exact) mass is 542 g/mol. The molecular formula is C27H44ClFN4O4. The molecule has 1 aliphatic heterocycles. The van der Waals surface area contributed by atoms with Crippen LogP contribution in [-0.4, -0.2) is 77.2 Å². The number of amides is 3. The van der Waals surface area contributed by atoms with Gasteiger partial charge in [0.25, 0.3) is 0 Å². The molecule has 1 saturated carbocycles. The Hall–Kier alpha value is -1.84. The minimum atomic E-state index is -2.08. The van der Waals surface area contributed by atoms with Crippen LogP contribution in [-0.2, 0) is 0 Å². The van der Waals surface area contributed by atoms with E-state index in [0.717, 1.165) is 12.8 Å². The van der Waals surface area contributed by atoms with E-state index < -0.39 is 16.8 Å². The van der Waals surface area contributed by atoms with Crippen molar-refractivity contribution < 1.29 is 24.2 Å². The van der Waals surface area contributed by atoms with Crippen LogP contribution in [0.15, 0.2) is 23.8 Å². The predicted octanol–water partition coefficient (Wildman–Crippen LogP) is 4.54. The first kappa shape index (κ1) is 29.7. The third-order valence-corrected chi connectivity index (χ3v) is 8.39. The zero-order chi connectivity index (χ0) is 26.9. The van der Waals surface area contributed by atoms with Gasteiger partial charge in [0.05, 0.1) is 5.60 Å². The third-order valence-electron chi connectivity index (χ3n) is 8.14. The Balaban J connectivity index is 1.69. The van der Waals surface area contributed by atoms with Crippen LogP contribution < -0.4 is 16.0 Å². The summed E-state index contributed by atoms with van der Waals surface area (Å²) in [5, 5.41) is 27.5. The van der Waals surface area contributed by atoms with Gasteiger partial charge in [-0.1, -0.05) is 55.9 Å². The van der Waals surface area contributed by atoms with Crippen molar-refractivity contribution >= 4 is 23.7 Å². The SMILES string of the molecule is CNC[C@H](CC1CCCCC1)NC(=O)N1CCC[C@@H]([C@@](O)(CCCNC(=O)O)C2=CC=CC(F)(Cl)C2)C1. The lowest BCUT2D eigenvalue weighted by Gasteiger charge is -2.45. The largest absolute Gasteiger partial charge is 0.465 e. The first-order valence-corrected chi connectivity index (χ1v) is 14.2. The van der Waals surface area contributed by atoms with Gasteiger partial charge in [-0.3, -0.25) is 0 Å². The quantitative estimate of drug-likeness (QED) is 0.194. The number of carbonyl (C=O) groups is 2. The maximum absolute atomic E-state index is 14.7. The van der Waals surface area contributed by atoms with Crippen molar-refractivity contribution in [3.63, 3.8) is 0 Å². The van der Waals surface area contributed by atoms with E-state index in [4.69, 9.17) is 16.7 Å². The third kappa shape index (κ3) is 8.86. The molecule has 8 nitrogen and oxygen atoms in total. The number of carboxylic acid groups (broad SMARTS) is 1. The first-order chi connectivity index (χ1) is 17.6. The minimum Gasteiger partial charge on any atom is -0.465 e. The van der Waals surface area contributed by atoms with E-state index in [0.29, 0.717) is 44.0 Å². The highest BCUT2D eigenvalue weighted by Gasteiger charge is 2.45. The maximum atomic E-state index is 14.7. The lowest BCUT2D eigenvalue weighted by atomic mass is 9.71. The number of halogens is 2. The molecule has 37 heavy (non-hydrogen) atoms. The smallest absolute Gasteiger partial charge is 0.404 e. The fraction of sp³-hybridized carbons (Fsp3) is 0.778. The summed E-state index contributed by atoms with van der Waals surface area (Å²) in [6.07, 6.45) is 12.4. The Morgan fingerprint density at radius 1 is 1.27 bits per heavy atom. The number of aliphatic hydroxyl groups is 1. The minimum absolute atomic E-state index is 0.0385. The number of likely N-dealkylation sites (tertiary alicyclic amines) is 1. The van der Waals surface area contributed by atoms with Gasteiger partial charge in [-0.05, 0) is 56.7 Å². The Kier molecular flexibility index (Phi) is 11.1. The number of nitrogens with one attached hydrogen (secondary N) is 3. The van der Waals surface area contributed by atoms with Gasteiger partial charge in [-0.25, -0.2) is 14.0 Å². The summed E-state index contributed by atoms with van der Waals surface area (Å²) in [5.41, 5.74) is -0.914. The predicted molar refractivity (Wildman–Crippen MR) is 143 cm³/mol. The zero-order valence-corrected chi connectivity index (χ0v) is 22.7. The van der Waals surface area contributed by atoms with Gasteiger partial charge in [0.1, 0.15) is 0 Å². The number of carbonyl (C=O) groups excluding carboxylic acids is 1. The standard InChI is InChI=1S/C27H44ClFN4O4/c1-30-18-23(16-20-8-3-2-4-9-20)32-24(34)33-15-6-11-22(19-33)27(37,13-7-14-31-25(35)36)21-10-5-12-26(28,29)17-21/h5,10,12,20,22-23,30-31,37H,2-4,6-9,11,13-19H2,1H3,(H,32,34)(H,35,36)/t22-,23+,26?,27-/m1/s1. The highest BCUT2D eigenvalue weighted by molar-refractivity contribution is 6.24. The van der Waals surface area contributed by atoms with E-state index in [9.17, 15) is 19.1 Å². The molecule has 3 rings (SSSR count). The molecule has 0 radical (unpaired) electrons. The molecule has 0 aromatic rings. The second kappa shape index (κ2) is 13.8. The van der Waals surface area contributed by atoms with E-state index in [1.54, 1.807) is 11.0 Å². The van der Waals surface area contributed by atoms with Gasteiger partial charge < -0.3 is 31.1 Å². The molecule has 2 fully saturated rings. The average molecular weight is 543 g/mol. The molecule has 1 heterocycles. The fourth-order valence-electron chi connectivity index (χ4n) is 6.24. The molecule has 0 aromatic heterocycles. The number of hydrogen-bond donors (Lipinski definition) is 5. The molecule has 2 aliphatic carbocycles. The first-order valence-electron chi connectivity index (χ1n) is 13.8. The molecule has 10 heteroatoms. The van der Waals surface area contributed by atoms with Crippen LogP contribution >= 0.6 is 11.6 Å². The van der Waals surface area contributed by atoms with Crippen LogP contribution in [0.1, 0.15) is 70.6 Å². The number of urea groups is 1. The summed E-state index contributed by atoms with van der Waals surface area (Å²) in [5.74, 6) is 0.317. The number of alkyl halides is 2. The number of allylic oxidation sites excluding steroid dienone is 3. The van der Waals surface area contributed by atoms with E-state index >= 15 is 0 Å². The second-order valence-corrected chi connectivity index (χ2v) is 11.6. The maximum Gasteiger partial charge on any atom is 0.404 e. The normalized spacial score (nSPS) is 27.2. The van der Waals surface area contributed by atoms with E-state index in [1.165, 1.54) is 44.3 Å². The molecule has 0 aromatic carbocycles. The van der Waals surface area contributed by atoms with Gasteiger partial charge in [0.15, 0.2) is 0 Å². The Morgan fingerprint density at radius 2 is 2.03 bits per heavy atom. The van der Waals surface area contributed by atoms with Crippen LogP contribution in [0.2, 0.25) is 0 Å². The molecular weight excluding hydrogens is 499 g/mol. The molecule has 0 bridgehead atoms. The van der Waals surface area contributed by atoms with Crippen molar-refractivity contribution in [2.24, 2.45) is 11.8 Å². The van der Waals surface area contributed by atoms with Crippen molar-refractivity contribution in [2.75, 3.05) is 33.2 Å². The average Bonchev–Trinajstić information content (AvgIpc) is 2.86. The Labute approximate surface area is 225 Å². The van der Waals surface area contributed by atoms with Gasteiger partial charge in [-0.2, -0.15) is 0 Å². The lowest BCUT2D eigenvalue weighted by molar-refractivity contribution is -0.0239. The summed E-state index contributed by atoms with van der Waals surface area (Å²) >= 11 is 5.98. The summed E-state index contributed by atoms with van der Waals surface area (Å²) in [4.78, 5) is 26.0. The fourth-order valence-corrected chi connectivity index (χ4v) is 6.45. The molecule has 3 aliphatic rings. The molecule has 0 spiro atoms. The number of nitrogens with zero attached hydrogens (tertiary/aromatic N) is 1. The zero-order valence-electron chi connectivity index (χ0n) is 22.0. The molecule has 5 N–H and O–H groups in total. The summed E-state index contributed by atoms with van der Waals surface area (Å²) < 4.78 is 14.7. The van der Waals surface area contributed by atoms with Crippen LogP contribution in [0, 0.1) is 11.8 Å². The highest BCUT2D eigenvalue weighted by atomic mass is 35.5. The van der Waals surface area contributed by atoms with E-state index in [-0.39, 0.29) is 37.4 Å². The van der Waals surface area contributed by atoms with Crippen molar-refractivity contribution in [3.05, 3.63) is 23.8 Å². The molecule has 210 valence electrons. The lowest BCUT2D eigenvalue weighted by Crippen LogP contribution is -2.55. The van der Waals surface area contributed by atoms with Gasteiger partial charge in [0, 0.05) is 44.6 Å². The molecule has 4 atom stereocenters. The van der Waals surface area contributed by atoms with Crippen LogP contribution in [0.25, 0.3) is 0 Å². The van der Waals surface area contributed by atoms with Gasteiger partial charge in [-0.15, -0.1) is 0 Å². The molecule has 1 saturated heterocycles. The Morgan fingerprint density at radius 3 is 2.70 bits per heavy atom. The second-order valence-electron chi connectivity index (χ2n) is 11.0. The highest BCUT2D eigenvalue weighted by Crippen LogP contribution is 2.43. The summed E-state index contributed by atoms with van der Waals surface area (Å²) in [6, 6.07) is -0.0955. The number of piperidine rings is 1.